The summed E-state index contributed by atoms with van der Waals surface area (Å²) < 4.78 is 13.0. The molecule has 126 valence electrons. The molecular formula is C17H18FN3O2S. The predicted octanol–water partition coefficient (Wildman–Crippen LogP) is 2.51. The third-order valence-electron chi connectivity index (χ3n) is 4.02. The Morgan fingerprint density at radius 1 is 1.38 bits per heavy atom. The molecule has 2 aromatic rings. The zero-order valence-corrected chi connectivity index (χ0v) is 14.1. The molecule has 0 saturated carbocycles. The van der Waals surface area contributed by atoms with Crippen molar-refractivity contribution in [2.24, 2.45) is 0 Å². The lowest BCUT2D eigenvalue weighted by molar-refractivity contribution is -0.125. The first kappa shape index (κ1) is 16.6. The van der Waals surface area contributed by atoms with Gasteiger partial charge in [0.15, 0.2) is 0 Å². The molecule has 1 atom stereocenters. The first-order chi connectivity index (χ1) is 11.5. The van der Waals surface area contributed by atoms with Crippen LogP contribution in [-0.4, -0.2) is 34.3 Å². The van der Waals surface area contributed by atoms with Crippen molar-refractivity contribution in [3.8, 4) is 0 Å². The second-order valence-corrected chi connectivity index (χ2v) is 6.80. The number of halogens is 1. The summed E-state index contributed by atoms with van der Waals surface area (Å²) in [6.07, 6.45) is 1.41. The lowest BCUT2D eigenvalue weighted by Gasteiger charge is -2.24. The van der Waals surface area contributed by atoms with E-state index in [0.717, 1.165) is 17.1 Å². The molecule has 0 unspecified atom stereocenters. The molecule has 0 spiro atoms. The normalized spacial score (nSPS) is 17.1. The monoisotopic (exact) mass is 347 g/mol. The van der Waals surface area contributed by atoms with E-state index in [1.54, 1.807) is 4.90 Å². The van der Waals surface area contributed by atoms with Crippen molar-refractivity contribution in [2.75, 3.05) is 6.54 Å². The fraction of sp³-hybridized carbons (Fsp3) is 0.353. The number of benzene rings is 1. The number of aromatic nitrogens is 1. The standard InChI is InChI=1S/C17H18FN3O2S/c1-11-20-14(10-24-11)9-19-16(22)15-3-2-8-21(15)17(23)12-4-6-13(18)7-5-12/h4-7,10,15H,2-3,8-9H2,1H3,(H,19,22)/t15-/m1/s1. The fourth-order valence-electron chi connectivity index (χ4n) is 2.83. The van der Waals surface area contributed by atoms with E-state index in [2.05, 4.69) is 10.3 Å². The maximum absolute atomic E-state index is 13.0. The average molecular weight is 347 g/mol. The third kappa shape index (κ3) is 3.62. The van der Waals surface area contributed by atoms with Gasteiger partial charge in [-0.3, -0.25) is 9.59 Å². The van der Waals surface area contributed by atoms with E-state index in [1.165, 1.54) is 35.6 Å². The largest absolute Gasteiger partial charge is 0.349 e. The van der Waals surface area contributed by atoms with Gasteiger partial charge in [0.2, 0.25) is 5.91 Å². The Balaban J connectivity index is 1.64. The minimum atomic E-state index is -0.484. The van der Waals surface area contributed by atoms with E-state index in [1.807, 2.05) is 12.3 Å². The molecule has 1 aliphatic heterocycles. The molecule has 24 heavy (non-hydrogen) atoms. The molecule has 1 aliphatic rings. The Morgan fingerprint density at radius 3 is 2.79 bits per heavy atom. The summed E-state index contributed by atoms with van der Waals surface area (Å²) in [5, 5.41) is 5.71. The van der Waals surface area contributed by atoms with E-state index in [4.69, 9.17) is 0 Å². The van der Waals surface area contributed by atoms with Crippen molar-refractivity contribution in [1.82, 2.24) is 15.2 Å². The van der Waals surface area contributed by atoms with Crippen LogP contribution in [-0.2, 0) is 11.3 Å². The Kier molecular flexibility index (Phi) is 4.89. The topological polar surface area (TPSA) is 62.3 Å². The Hall–Kier alpha value is -2.28. The number of thiazole rings is 1. The number of likely N-dealkylation sites (tertiary alicyclic amines) is 1. The molecule has 1 aromatic carbocycles. The molecule has 7 heteroatoms. The maximum atomic E-state index is 13.0. The van der Waals surface area contributed by atoms with Crippen LogP contribution in [0.4, 0.5) is 4.39 Å². The molecule has 1 aromatic heterocycles. The van der Waals surface area contributed by atoms with E-state index >= 15 is 0 Å². The number of rotatable bonds is 4. The minimum Gasteiger partial charge on any atom is -0.349 e. The highest BCUT2D eigenvalue weighted by Crippen LogP contribution is 2.21. The van der Waals surface area contributed by atoms with E-state index in [0.29, 0.717) is 25.1 Å². The van der Waals surface area contributed by atoms with Gasteiger partial charge in [-0.15, -0.1) is 11.3 Å². The smallest absolute Gasteiger partial charge is 0.254 e. The van der Waals surface area contributed by atoms with Crippen LogP contribution < -0.4 is 5.32 Å². The molecule has 1 N–H and O–H groups in total. The molecule has 5 nitrogen and oxygen atoms in total. The molecule has 2 amide bonds. The lowest BCUT2D eigenvalue weighted by atomic mass is 10.1. The van der Waals surface area contributed by atoms with Gasteiger partial charge >= 0.3 is 0 Å². The summed E-state index contributed by atoms with van der Waals surface area (Å²) in [7, 11) is 0. The van der Waals surface area contributed by atoms with E-state index < -0.39 is 6.04 Å². The van der Waals surface area contributed by atoms with Crippen LogP contribution in [0.1, 0.15) is 33.9 Å². The van der Waals surface area contributed by atoms with Crippen molar-refractivity contribution >= 4 is 23.2 Å². The second-order valence-electron chi connectivity index (χ2n) is 5.74. The van der Waals surface area contributed by atoms with Gasteiger partial charge in [0.25, 0.3) is 5.91 Å². The molecule has 1 fully saturated rings. The van der Waals surface area contributed by atoms with Crippen LogP contribution in [0.25, 0.3) is 0 Å². The van der Waals surface area contributed by atoms with Gasteiger partial charge in [-0.1, -0.05) is 0 Å². The molecule has 0 aliphatic carbocycles. The number of nitrogens with zero attached hydrogens (tertiary/aromatic N) is 2. The number of carbonyl (C=O) groups is 2. The summed E-state index contributed by atoms with van der Waals surface area (Å²) in [5.74, 6) is -0.799. The summed E-state index contributed by atoms with van der Waals surface area (Å²) in [5.41, 5.74) is 1.21. The fourth-order valence-corrected chi connectivity index (χ4v) is 3.44. The van der Waals surface area contributed by atoms with Crippen molar-refractivity contribution < 1.29 is 14.0 Å². The van der Waals surface area contributed by atoms with Crippen molar-refractivity contribution in [1.29, 1.82) is 0 Å². The number of aryl methyl sites for hydroxylation is 1. The number of hydrogen-bond donors (Lipinski definition) is 1. The van der Waals surface area contributed by atoms with Gasteiger partial charge in [0.1, 0.15) is 11.9 Å². The molecule has 0 radical (unpaired) electrons. The highest BCUT2D eigenvalue weighted by Gasteiger charge is 2.34. The van der Waals surface area contributed by atoms with Gasteiger partial charge < -0.3 is 10.2 Å². The number of nitrogens with one attached hydrogen (secondary N) is 1. The van der Waals surface area contributed by atoms with Gasteiger partial charge in [-0.25, -0.2) is 9.37 Å². The molecular weight excluding hydrogens is 329 g/mol. The minimum absolute atomic E-state index is 0.173. The third-order valence-corrected chi connectivity index (χ3v) is 4.84. The van der Waals surface area contributed by atoms with Crippen LogP contribution in [0.5, 0.6) is 0 Å². The second kappa shape index (κ2) is 7.09. The van der Waals surface area contributed by atoms with Crippen LogP contribution in [0, 0.1) is 12.7 Å². The Bertz CT molecular complexity index is 745. The maximum Gasteiger partial charge on any atom is 0.254 e. The van der Waals surface area contributed by atoms with Crippen molar-refractivity contribution in [3.63, 3.8) is 0 Å². The summed E-state index contributed by atoms with van der Waals surface area (Å²) in [6.45, 7) is 2.80. The molecule has 3 rings (SSSR count). The quantitative estimate of drug-likeness (QED) is 0.924. The van der Waals surface area contributed by atoms with Crippen LogP contribution in [0.15, 0.2) is 29.6 Å². The SMILES string of the molecule is Cc1nc(CNC(=O)[C@H]2CCCN2C(=O)c2ccc(F)cc2)cs1. The highest BCUT2D eigenvalue weighted by atomic mass is 32.1. The summed E-state index contributed by atoms with van der Waals surface area (Å²) in [6, 6.07) is 4.92. The van der Waals surface area contributed by atoms with Crippen LogP contribution >= 0.6 is 11.3 Å². The zero-order valence-electron chi connectivity index (χ0n) is 13.3. The summed E-state index contributed by atoms with van der Waals surface area (Å²) >= 11 is 1.53. The van der Waals surface area contributed by atoms with Gasteiger partial charge in [0.05, 0.1) is 17.2 Å². The molecule has 1 saturated heterocycles. The van der Waals surface area contributed by atoms with Gasteiger partial charge in [-0.05, 0) is 44.0 Å². The van der Waals surface area contributed by atoms with Gasteiger partial charge in [-0.2, -0.15) is 0 Å². The summed E-state index contributed by atoms with van der Waals surface area (Å²) in [4.78, 5) is 30.9. The Morgan fingerprint density at radius 2 is 2.12 bits per heavy atom. The van der Waals surface area contributed by atoms with E-state index in [-0.39, 0.29) is 17.6 Å². The van der Waals surface area contributed by atoms with E-state index in [9.17, 15) is 14.0 Å². The Labute approximate surface area is 143 Å². The van der Waals surface area contributed by atoms with Crippen LogP contribution in [0.3, 0.4) is 0 Å². The average Bonchev–Trinajstić information content (AvgIpc) is 3.21. The first-order valence-electron chi connectivity index (χ1n) is 7.80. The first-order valence-corrected chi connectivity index (χ1v) is 8.68. The van der Waals surface area contributed by atoms with Crippen LogP contribution in [0.2, 0.25) is 0 Å². The van der Waals surface area contributed by atoms with Crippen molar-refractivity contribution in [3.05, 3.63) is 51.7 Å². The van der Waals surface area contributed by atoms with Crippen molar-refractivity contribution in [2.45, 2.75) is 32.4 Å². The van der Waals surface area contributed by atoms with Gasteiger partial charge in [0, 0.05) is 17.5 Å². The predicted molar refractivity (Wildman–Crippen MR) is 89.2 cm³/mol. The number of amides is 2. The number of hydrogen-bond acceptors (Lipinski definition) is 4. The molecule has 2 heterocycles. The zero-order chi connectivity index (χ0) is 17.1. The molecule has 0 bridgehead atoms. The lowest BCUT2D eigenvalue weighted by Crippen LogP contribution is -2.45. The number of carbonyl (C=O) groups excluding carboxylic acids is 2. The highest BCUT2D eigenvalue weighted by molar-refractivity contribution is 7.09.